The second-order valence-electron chi connectivity index (χ2n) is 6.31. The third kappa shape index (κ3) is 3.85. The van der Waals surface area contributed by atoms with E-state index in [1.165, 1.54) is 25.7 Å². The SMILES string of the molecule is CCC1(CC)CCN(CC(C(=O)O)c2ccccc2)CC1. The fourth-order valence-electron chi connectivity index (χ4n) is 3.44. The summed E-state index contributed by atoms with van der Waals surface area (Å²) in [6, 6.07) is 9.61. The highest BCUT2D eigenvalue weighted by Gasteiger charge is 2.33. The van der Waals surface area contributed by atoms with Crippen molar-refractivity contribution in [2.45, 2.75) is 45.4 Å². The lowest BCUT2D eigenvalue weighted by atomic mass is 9.74. The van der Waals surface area contributed by atoms with E-state index in [4.69, 9.17) is 0 Å². The molecule has 0 amide bonds. The number of hydrogen-bond acceptors (Lipinski definition) is 2. The Morgan fingerprint density at radius 2 is 1.76 bits per heavy atom. The molecule has 2 rings (SSSR count). The molecule has 1 atom stereocenters. The van der Waals surface area contributed by atoms with Gasteiger partial charge in [0.15, 0.2) is 0 Å². The van der Waals surface area contributed by atoms with E-state index in [9.17, 15) is 9.90 Å². The molecule has 1 heterocycles. The van der Waals surface area contributed by atoms with E-state index >= 15 is 0 Å². The number of aliphatic carboxylic acids is 1. The topological polar surface area (TPSA) is 40.5 Å². The Hall–Kier alpha value is -1.35. The van der Waals surface area contributed by atoms with Gasteiger partial charge in [0.1, 0.15) is 0 Å². The van der Waals surface area contributed by atoms with Gasteiger partial charge in [0, 0.05) is 6.54 Å². The van der Waals surface area contributed by atoms with Crippen LogP contribution >= 0.6 is 0 Å². The van der Waals surface area contributed by atoms with E-state index in [2.05, 4.69) is 18.7 Å². The highest BCUT2D eigenvalue weighted by molar-refractivity contribution is 5.76. The van der Waals surface area contributed by atoms with Gasteiger partial charge in [-0.05, 0) is 36.9 Å². The van der Waals surface area contributed by atoms with Crippen molar-refractivity contribution in [3.8, 4) is 0 Å². The fraction of sp³-hybridized carbons (Fsp3) is 0.611. The summed E-state index contributed by atoms with van der Waals surface area (Å²) >= 11 is 0. The molecular weight excluding hydrogens is 262 g/mol. The summed E-state index contributed by atoms with van der Waals surface area (Å²) in [7, 11) is 0. The number of piperidine rings is 1. The quantitative estimate of drug-likeness (QED) is 0.867. The smallest absolute Gasteiger partial charge is 0.312 e. The maximum absolute atomic E-state index is 11.6. The van der Waals surface area contributed by atoms with Crippen LogP contribution in [0.4, 0.5) is 0 Å². The summed E-state index contributed by atoms with van der Waals surface area (Å²) in [6.07, 6.45) is 4.86. The van der Waals surface area contributed by atoms with Crippen LogP contribution < -0.4 is 0 Å². The summed E-state index contributed by atoms with van der Waals surface area (Å²) in [6.45, 7) is 7.24. The Morgan fingerprint density at radius 1 is 1.19 bits per heavy atom. The first-order chi connectivity index (χ1) is 10.1. The molecule has 0 radical (unpaired) electrons. The largest absolute Gasteiger partial charge is 0.481 e. The first kappa shape index (κ1) is 16.0. The molecule has 1 unspecified atom stereocenters. The standard InChI is InChI=1S/C18H27NO2/c1-3-18(4-2)10-12-19(13-11-18)14-16(17(20)21)15-8-6-5-7-9-15/h5-9,16H,3-4,10-14H2,1-2H3,(H,20,21). The molecule has 0 bridgehead atoms. The summed E-state index contributed by atoms with van der Waals surface area (Å²) in [5.74, 6) is -1.13. The molecule has 1 aliphatic heterocycles. The highest BCUT2D eigenvalue weighted by atomic mass is 16.4. The lowest BCUT2D eigenvalue weighted by Crippen LogP contribution is -2.42. The molecule has 0 saturated carbocycles. The molecule has 21 heavy (non-hydrogen) atoms. The number of likely N-dealkylation sites (tertiary alicyclic amines) is 1. The van der Waals surface area contributed by atoms with Crippen molar-refractivity contribution in [3.63, 3.8) is 0 Å². The molecule has 0 spiro atoms. The summed E-state index contributed by atoms with van der Waals surface area (Å²) < 4.78 is 0. The van der Waals surface area contributed by atoms with Crippen LogP contribution in [-0.4, -0.2) is 35.6 Å². The van der Waals surface area contributed by atoms with Crippen LogP contribution in [0.15, 0.2) is 30.3 Å². The van der Waals surface area contributed by atoms with Crippen LogP contribution in [0.2, 0.25) is 0 Å². The Balaban J connectivity index is 1.99. The summed E-state index contributed by atoms with van der Waals surface area (Å²) in [5.41, 5.74) is 1.40. The first-order valence-corrected chi connectivity index (χ1v) is 8.10. The molecule has 1 N–H and O–H groups in total. The van der Waals surface area contributed by atoms with E-state index in [1.54, 1.807) is 0 Å². The van der Waals surface area contributed by atoms with Gasteiger partial charge in [-0.15, -0.1) is 0 Å². The van der Waals surface area contributed by atoms with Crippen LogP contribution in [0.25, 0.3) is 0 Å². The molecule has 116 valence electrons. The normalized spacial score (nSPS) is 20.1. The van der Waals surface area contributed by atoms with Crippen LogP contribution in [-0.2, 0) is 4.79 Å². The second kappa shape index (κ2) is 7.08. The Morgan fingerprint density at radius 3 is 2.24 bits per heavy atom. The average molecular weight is 289 g/mol. The van der Waals surface area contributed by atoms with Crippen LogP contribution in [0.1, 0.15) is 51.0 Å². The highest BCUT2D eigenvalue weighted by Crippen LogP contribution is 2.38. The number of nitrogens with zero attached hydrogens (tertiary/aromatic N) is 1. The maximum Gasteiger partial charge on any atom is 0.312 e. The minimum atomic E-state index is -0.719. The zero-order valence-corrected chi connectivity index (χ0v) is 13.2. The van der Waals surface area contributed by atoms with Crippen molar-refractivity contribution in [3.05, 3.63) is 35.9 Å². The number of carbonyl (C=O) groups is 1. The number of carboxylic acids is 1. The molecule has 3 heteroatoms. The van der Waals surface area contributed by atoms with Crippen LogP contribution in [0.3, 0.4) is 0 Å². The summed E-state index contributed by atoms with van der Waals surface area (Å²) in [5, 5.41) is 9.53. The predicted octanol–water partition coefficient (Wildman–Crippen LogP) is 3.76. The average Bonchev–Trinajstić information content (AvgIpc) is 2.54. The van der Waals surface area contributed by atoms with E-state index in [0.717, 1.165) is 18.7 Å². The van der Waals surface area contributed by atoms with Gasteiger partial charge >= 0.3 is 5.97 Å². The number of hydrogen-bond donors (Lipinski definition) is 1. The lowest BCUT2D eigenvalue weighted by molar-refractivity contribution is -0.139. The molecule has 1 saturated heterocycles. The zero-order valence-electron chi connectivity index (χ0n) is 13.2. The van der Waals surface area contributed by atoms with Crippen LogP contribution in [0.5, 0.6) is 0 Å². The lowest BCUT2D eigenvalue weighted by Gasteiger charge is -2.41. The van der Waals surface area contributed by atoms with Gasteiger partial charge in [-0.3, -0.25) is 4.79 Å². The third-order valence-electron chi connectivity index (χ3n) is 5.36. The van der Waals surface area contributed by atoms with Crippen molar-refractivity contribution in [2.24, 2.45) is 5.41 Å². The molecule has 0 aliphatic carbocycles. The zero-order chi connectivity index (χ0) is 15.3. The maximum atomic E-state index is 11.6. The van der Waals surface area contributed by atoms with Crippen molar-refractivity contribution in [1.82, 2.24) is 4.90 Å². The minimum Gasteiger partial charge on any atom is -0.481 e. The van der Waals surface area contributed by atoms with E-state index in [1.807, 2.05) is 30.3 Å². The van der Waals surface area contributed by atoms with Gasteiger partial charge < -0.3 is 10.0 Å². The van der Waals surface area contributed by atoms with Gasteiger partial charge in [-0.2, -0.15) is 0 Å². The Labute approximate surface area is 128 Å². The van der Waals surface area contributed by atoms with E-state index < -0.39 is 11.9 Å². The minimum absolute atomic E-state index is 0.415. The van der Waals surface area contributed by atoms with Crippen molar-refractivity contribution >= 4 is 5.97 Å². The van der Waals surface area contributed by atoms with Gasteiger partial charge in [0.25, 0.3) is 0 Å². The van der Waals surface area contributed by atoms with Crippen molar-refractivity contribution in [2.75, 3.05) is 19.6 Å². The van der Waals surface area contributed by atoms with Crippen molar-refractivity contribution in [1.29, 1.82) is 0 Å². The molecule has 1 aromatic rings. The Kier molecular flexibility index (Phi) is 5.40. The molecule has 1 fully saturated rings. The molecular formula is C18H27NO2. The van der Waals surface area contributed by atoms with E-state index in [0.29, 0.717) is 12.0 Å². The molecule has 3 nitrogen and oxygen atoms in total. The van der Waals surface area contributed by atoms with Gasteiger partial charge in [-0.1, -0.05) is 57.0 Å². The molecule has 1 aromatic carbocycles. The third-order valence-corrected chi connectivity index (χ3v) is 5.36. The van der Waals surface area contributed by atoms with Crippen LogP contribution in [0, 0.1) is 5.41 Å². The fourth-order valence-corrected chi connectivity index (χ4v) is 3.44. The molecule has 0 aromatic heterocycles. The summed E-state index contributed by atoms with van der Waals surface area (Å²) in [4.78, 5) is 13.9. The predicted molar refractivity (Wildman–Crippen MR) is 85.5 cm³/mol. The van der Waals surface area contributed by atoms with Gasteiger partial charge in [0.05, 0.1) is 5.92 Å². The first-order valence-electron chi connectivity index (χ1n) is 8.10. The van der Waals surface area contributed by atoms with Crippen molar-refractivity contribution < 1.29 is 9.90 Å². The van der Waals surface area contributed by atoms with Gasteiger partial charge in [0.2, 0.25) is 0 Å². The number of rotatable bonds is 6. The second-order valence-corrected chi connectivity index (χ2v) is 6.31. The molecule has 1 aliphatic rings. The monoisotopic (exact) mass is 289 g/mol. The number of carboxylic acid groups (broad SMARTS) is 1. The Bertz CT molecular complexity index is 444. The van der Waals surface area contributed by atoms with Gasteiger partial charge in [-0.25, -0.2) is 0 Å². The number of benzene rings is 1. The van der Waals surface area contributed by atoms with E-state index in [-0.39, 0.29) is 0 Å².